The van der Waals surface area contributed by atoms with Crippen molar-refractivity contribution in [3.8, 4) is 6.07 Å². The predicted molar refractivity (Wildman–Crippen MR) is 50.5 cm³/mol. The van der Waals surface area contributed by atoms with Crippen LogP contribution < -0.4 is 0 Å². The molecule has 1 heteroatoms. The third-order valence-corrected chi connectivity index (χ3v) is 2.77. The molecular formula is C11H19N. The SMILES string of the molecule is CC(C)C[C@H]1CCC[C@@H](C#N)C1. The number of nitrogens with zero attached hydrogens (tertiary/aromatic N) is 1. The maximum Gasteiger partial charge on any atom is 0.0655 e. The van der Waals surface area contributed by atoms with Gasteiger partial charge < -0.3 is 0 Å². The van der Waals surface area contributed by atoms with Gasteiger partial charge in [-0.25, -0.2) is 0 Å². The van der Waals surface area contributed by atoms with E-state index < -0.39 is 0 Å². The van der Waals surface area contributed by atoms with Gasteiger partial charge >= 0.3 is 0 Å². The van der Waals surface area contributed by atoms with E-state index in [2.05, 4.69) is 19.9 Å². The normalized spacial score (nSPS) is 30.2. The van der Waals surface area contributed by atoms with E-state index in [1.807, 2.05) is 0 Å². The molecular weight excluding hydrogens is 146 g/mol. The molecule has 0 radical (unpaired) electrons. The first-order chi connectivity index (χ1) is 5.72. The van der Waals surface area contributed by atoms with Gasteiger partial charge in [-0.2, -0.15) is 5.26 Å². The Morgan fingerprint density at radius 3 is 2.75 bits per heavy atom. The average Bonchev–Trinajstić information content (AvgIpc) is 2.03. The van der Waals surface area contributed by atoms with E-state index in [-0.39, 0.29) is 0 Å². The maximum absolute atomic E-state index is 8.79. The average molecular weight is 165 g/mol. The lowest BCUT2D eigenvalue weighted by molar-refractivity contribution is 0.269. The van der Waals surface area contributed by atoms with Crippen LogP contribution in [0.1, 0.15) is 46.0 Å². The highest BCUT2D eigenvalue weighted by Gasteiger charge is 2.21. The molecule has 1 nitrogen and oxygen atoms in total. The van der Waals surface area contributed by atoms with Gasteiger partial charge in [-0.15, -0.1) is 0 Å². The largest absolute Gasteiger partial charge is 0.198 e. The minimum absolute atomic E-state index is 0.363. The molecule has 0 amide bonds. The molecule has 0 saturated heterocycles. The van der Waals surface area contributed by atoms with E-state index in [0.717, 1.165) is 24.7 Å². The Morgan fingerprint density at radius 1 is 1.42 bits per heavy atom. The Hall–Kier alpha value is -0.510. The van der Waals surface area contributed by atoms with Crippen molar-refractivity contribution < 1.29 is 0 Å². The first kappa shape index (κ1) is 9.58. The molecule has 0 bridgehead atoms. The lowest BCUT2D eigenvalue weighted by Crippen LogP contribution is -2.15. The summed E-state index contributed by atoms with van der Waals surface area (Å²) in [5, 5.41) is 8.79. The molecule has 1 aliphatic carbocycles. The zero-order valence-corrected chi connectivity index (χ0v) is 8.21. The monoisotopic (exact) mass is 165 g/mol. The summed E-state index contributed by atoms with van der Waals surface area (Å²) in [4.78, 5) is 0. The van der Waals surface area contributed by atoms with Crippen LogP contribution in [-0.4, -0.2) is 0 Å². The van der Waals surface area contributed by atoms with Gasteiger partial charge in [-0.05, 0) is 31.1 Å². The van der Waals surface area contributed by atoms with Crippen LogP contribution in [0.2, 0.25) is 0 Å². The number of nitriles is 1. The van der Waals surface area contributed by atoms with Crippen LogP contribution in [0.15, 0.2) is 0 Å². The summed E-state index contributed by atoms with van der Waals surface area (Å²) < 4.78 is 0. The molecule has 0 aromatic carbocycles. The van der Waals surface area contributed by atoms with Crippen LogP contribution in [0, 0.1) is 29.1 Å². The van der Waals surface area contributed by atoms with E-state index in [1.165, 1.54) is 19.3 Å². The molecule has 68 valence electrons. The molecule has 2 atom stereocenters. The van der Waals surface area contributed by atoms with Crippen molar-refractivity contribution in [2.24, 2.45) is 17.8 Å². The van der Waals surface area contributed by atoms with E-state index in [1.54, 1.807) is 0 Å². The van der Waals surface area contributed by atoms with E-state index in [9.17, 15) is 0 Å². The highest BCUT2D eigenvalue weighted by atomic mass is 14.3. The minimum Gasteiger partial charge on any atom is -0.198 e. The summed E-state index contributed by atoms with van der Waals surface area (Å²) in [6.45, 7) is 4.55. The fourth-order valence-electron chi connectivity index (χ4n) is 2.29. The molecule has 0 unspecified atom stereocenters. The van der Waals surface area contributed by atoms with Gasteiger partial charge in [0.25, 0.3) is 0 Å². The van der Waals surface area contributed by atoms with Crippen LogP contribution in [0.4, 0.5) is 0 Å². The lowest BCUT2D eigenvalue weighted by Gasteiger charge is -2.26. The second-order valence-electron chi connectivity index (χ2n) is 4.49. The molecule has 1 rings (SSSR count). The molecule has 12 heavy (non-hydrogen) atoms. The zero-order valence-electron chi connectivity index (χ0n) is 8.21. The van der Waals surface area contributed by atoms with Gasteiger partial charge in [0.05, 0.1) is 6.07 Å². The fraction of sp³-hybridized carbons (Fsp3) is 0.909. The molecule has 0 aromatic heterocycles. The third kappa shape index (κ3) is 2.85. The van der Waals surface area contributed by atoms with Crippen LogP contribution in [0.3, 0.4) is 0 Å². The summed E-state index contributed by atoms with van der Waals surface area (Å²) in [5.41, 5.74) is 0. The van der Waals surface area contributed by atoms with Crippen molar-refractivity contribution in [3.63, 3.8) is 0 Å². The fourth-order valence-corrected chi connectivity index (χ4v) is 2.29. The molecule has 1 aliphatic rings. The first-order valence-electron chi connectivity index (χ1n) is 5.12. The van der Waals surface area contributed by atoms with Gasteiger partial charge in [0, 0.05) is 5.92 Å². The molecule has 0 N–H and O–H groups in total. The van der Waals surface area contributed by atoms with E-state index in [0.29, 0.717) is 5.92 Å². The highest BCUT2D eigenvalue weighted by molar-refractivity contribution is 4.87. The summed E-state index contributed by atoms with van der Waals surface area (Å²) in [5.74, 6) is 2.00. The Kier molecular flexibility index (Phi) is 3.59. The van der Waals surface area contributed by atoms with E-state index >= 15 is 0 Å². The lowest BCUT2D eigenvalue weighted by atomic mass is 9.78. The van der Waals surface area contributed by atoms with Crippen molar-refractivity contribution in [1.29, 1.82) is 5.26 Å². The summed E-state index contributed by atoms with van der Waals surface area (Å²) in [7, 11) is 0. The number of rotatable bonds is 2. The molecule has 1 saturated carbocycles. The Labute approximate surface area is 75.8 Å². The number of hydrogen-bond donors (Lipinski definition) is 0. The van der Waals surface area contributed by atoms with Crippen molar-refractivity contribution >= 4 is 0 Å². The topological polar surface area (TPSA) is 23.8 Å². The first-order valence-corrected chi connectivity index (χ1v) is 5.12. The standard InChI is InChI=1S/C11H19N/c1-9(2)6-10-4-3-5-11(7-10)8-12/h9-11H,3-7H2,1-2H3/t10-,11-/m1/s1. The van der Waals surface area contributed by atoms with Gasteiger partial charge in [-0.1, -0.05) is 26.7 Å². The van der Waals surface area contributed by atoms with Gasteiger partial charge in [0.15, 0.2) is 0 Å². The van der Waals surface area contributed by atoms with Crippen LogP contribution in [-0.2, 0) is 0 Å². The second kappa shape index (κ2) is 4.50. The minimum atomic E-state index is 0.363. The van der Waals surface area contributed by atoms with Crippen molar-refractivity contribution in [1.82, 2.24) is 0 Å². The second-order valence-corrected chi connectivity index (χ2v) is 4.49. The molecule has 0 aliphatic heterocycles. The summed E-state index contributed by atoms with van der Waals surface area (Å²) in [6.07, 6.45) is 6.25. The van der Waals surface area contributed by atoms with Crippen molar-refractivity contribution in [3.05, 3.63) is 0 Å². The Morgan fingerprint density at radius 2 is 2.17 bits per heavy atom. The van der Waals surface area contributed by atoms with Gasteiger partial charge in [-0.3, -0.25) is 0 Å². The Bertz CT molecular complexity index is 166. The smallest absolute Gasteiger partial charge is 0.0655 e. The number of hydrogen-bond acceptors (Lipinski definition) is 1. The predicted octanol–water partition coefficient (Wildman–Crippen LogP) is 3.36. The molecule has 0 heterocycles. The van der Waals surface area contributed by atoms with Gasteiger partial charge in [0.2, 0.25) is 0 Å². The van der Waals surface area contributed by atoms with E-state index in [4.69, 9.17) is 5.26 Å². The van der Waals surface area contributed by atoms with Crippen LogP contribution in [0.5, 0.6) is 0 Å². The summed E-state index contributed by atoms with van der Waals surface area (Å²) in [6, 6.07) is 2.41. The molecule has 0 spiro atoms. The highest BCUT2D eigenvalue weighted by Crippen LogP contribution is 2.32. The quantitative estimate of drug-likeness (QED) is 0.615. The van der Waals surface area contributed by atoms with Crippen LogP contribution in [0.25, 0.3) is 0 Å². The van der Waals surface area contributed by atoms with Gasteiger partial charge in [0.1, 0.15) is 0 Å². The zero-order chi connectivity index (χ0) is 8.97. The van der Waals surface area contributed by atoms with Crippen LogP contribution >= 0.6 is 0 Å². The van der Waals surface area contributed by atoms with Crippen molar-refractivity contribution in [2.75, 3.05) is 0 Å². The van der Waals surface area contributed by atoms with Crippen molar-refractivity contribution in [2.45, 2.75) is 46.0 Å². The molecule has 1 fully saturated rings. The Balaban J connectivity index is 2.32. The third-order valence-electron chi connectivity index (χ3n) is 2.77. The molecule has 0 aromatic rings. The maximum atomic E-state index is 8.79. The summed E-state index contributed by atoms with van der Waals surface area (Å²) >= 11 is 0.